The van der Waals surface area contributed by atoms with Crippen molar-refractivity contribution in [1.82, 2.24) is 0 Å². The Balaban J connectivity index is 2.98. The lowest BCUT2D eigenvalue weighted by Crippen LogP contribution is -2.36. The molecule has 0 aromatic heterocycles. The van der Waals surface area contributed by atoms with Gasteiger partial charge in [0.1, 0.15) is 5.75 Å². The molecule has 0 heterocycles. The molecule has 1 aromatic rings. The first-order valence-corrected chi connectivity index (χ1v) is 7.60. The summed E-state index contributed by atoms with van der Waals surface area (Å²) in [6.45, 7) is 0.336. The van der Waals surface area contributed by atoms with Crippen molar-refractivity contribution in [3.05, 3.63) is 18.2 Å². The highest BCUT2D eigenvalue weighted by atomic mass is 32.2. The van der Waals surface area contributed by atoms with Crippen molar-refractivity contribution in [2.45, 2.75) is 17.4 Å². The van der Waals surface area contributed by atoms with Gasteiger partial charge in [-0.05, 0) is 24.6 Å². The fraction of sp³-hybridized carbons (Fsp3) is 0.417. The number of rotatable bonds is 7. The summed E-state index contributed by atoms with van der Waals surface area (Å²) in [6.07, 6.45) is 0.333. The number of nitrogens with one attached hydrogen (secondary N) is 1. The predicted octanol–water partition coefficient (Wildman–Crippen LogP) is -0.355. The molecule has 5 N–H and O–H groups in total. The number of carbonyl (C=O) groups excluding carboxylic acids is 1. The Morgan fingerprint density at radius 2 is 2.05 bits per heavy atom. The second-order valence-electron chi connectivity index (χ2n) is 4.28. The smallest absolute Gasteiger partial charge is 0.241 e. The number of methoxy groups -OCH3 is 2. The molecule has 0 spiro atoms. The first kappa shape index (κ1) is 17.4. The maximum atomic E-state index is 11.9. The highest BCUT2D eigenvalue weighted by Crippen LogP contribution is 2.27. The maximum Gasteiger partial charge on any atom is 0.241 e. The van der Waals surface area contributed by atoms with Crippen molar-refractivity contribution >= 4 is 21.6 Å². The van der Waals surface area contributed by atoms with E-state index >= 15 is 0 Å². The van der Waals surface area contributed by atoms with Gasteiger partial charge in [0.15, 0.2) is 0 Å². The molecule has 1 atom stereocenters. The lowest BCUT2D eigenvalue weighted by molar-refractivity contribution is -0.117. The van der Waals surface area contributed by atoms with Crippen LogP contribution in [0.1, 0.15) is 6.42 Å². The number of hydrogen-bond donors (Lipinski definition) is 3. The van der Waals surface area contributed by atoms with Crippen molar-refractivity contribution in [3.8, 4) is 5.75 Å². The van der Waals surface area contributed by atoms with E-state index in [-0.39, 0.29) is 10.6 Å². The van der Waals surface area contributed by atoms with Crippen LogP contribution in [-0.2, 0) is 19.6 Å². The van der Waals surface area contributed by atoms with Gasteiger partial charge in [0.2, 0.25) is 15.9 Å². The molecule has 9 heteroatoms. The van der Waals surface area contributed by atoms with Crippen LogP contribution in [0.15, 0.2) is 23.1 Å². The fourth-order valence-electron chi connectivity index (χ4n) is 1.56. The Kier molecular flexibility index (Phi) is 6.09. The van der Waals surface area contributed by atoms with Crippen LogP contribution in [-0.4, -0.2) is 41.2 Å². The maximum absolute atomic E-state index is 11.9. The van der Waals surface area contributed by atoms with Crippen molar-refractivity contribution in [2.24, 2.45) is 10.9 Å². The molecule has 0 bridgehead atoms. The molecule has 0 aliphatic rings. The normalized spacial score (nSPS) is 12.8. The zero-order valence-corrected chi connectivity index (χ0v) is 12.6. The zero-order valence-electron chi connectivity index (χ0n) is 11.8. The minimum absolute atomic E-state index is 0.135. The number of anilines is 1. The van der Waals surface area contributed by atoms with E-state index in [0.29, 0.717) is 18.8 Å². The molecule has 0 saturated carbocycles. The van der Waals surface area contributed by atoms with Crippen molar-refractivity contribution in [2.75, 3.05) is 26.1 Å². The fourth-order valence-corrected chi connectivity index (χ4v) is 2.10. The molecule has 0 aliphatic heterocycles. The topological polar surface area (TPSA) is 134 Å². The summed E-state index contributed by atoms with van der Waals surface area (Å²) >= 11 is 0. The van der Waals surface area contributed by atoms with Crippen LogP contribution in [0.25, 0.3) is 0 Å². The van der Waals surface area contributed by atoms with Gasteiger partial charge in [0.05, 0.1) is 23.7 Å². The van der Waals surface area contributed by atoms with E-state index in [9.17, 15) is 13.2 Å². The van der Waals surface area contributed by atoms with Gasteiger partial charge in [-0.15, -0.1) is 0 Å². The van der Waals surface area contributed by atoms with Gasteiger partial charge in [0, 0.05) is 13.7 Å². The minimum Gasteiger partial charge on any atom is -0.495 e. The summed E-state index contributed by atoms with van der Waals surface area (Å²) in [7, 11) is -0.980. The number of ether oxygens (including phenoxy) is 2. The van der Waals surface area contributed by atoms with Crippen LogP contribution in [0.2, 0.25) is 0 Å². The molecule has 0 fully saturated rings. The van der Waals surface area contributed by atoms with E-state index in [1.54, 1.807) is 0 Å². The Hall–Kier alpha value is -1.68. The van der Waals surface area contributed by atoms with E-state index in [4.69, 9.17) is 20.3 Å². The first-order valence-electron chi connectivity index (χ1n) is 6.05. The molecular weight excluding hydrogens is 298 g/mol. The van der Waals surface area contributed by atoms with Gasteiger partial charge < -0.3 is 20.5 Å². The molecule has 0 radical (unpaired) electrons. The van der Waals surface area contributed by atoms with E-state index < -0.39 is 22.0 Å². The molecule has 21 heavy (non-hydrogen) atoms. The van der Waals surface area contributed by atoms with Crippen molar-refractivity contribution < 1.29 is 22.7 Å². The minimum atomic E-state index is -3.88. The standard InChI is InChI=1S/C12H19N3O5S/c1-19-6-5-9(13)12(16)15-10-7-8(21(14,17)18)3-4-11(10)20-2/h3-4,7,9H,5-6,13H2,1-2H3,(H,15,16)(H2,14,17,18). The van der Waals surface area contributed by atoms with Crippen LogP contribution >= 0.6 is 0 Å². The zero-order chi connectivity index (χ0) is 16.0. The van der Waals surface area contributed by atoms with Crippen LogP contribution in [0, 0.1) is 0 Å². The Morgan fingerprint density at radius 3 is 2.57 bits per heavy atom. The molecule has 1 amide bonds. The third-order valence-electron chi connectivity index (χ3n) is 2.73. The SMILES string of the molecule is COCCC(N)C(=O)Nc1cc(S(N)(=O)=O)ccc1OC. The van der Waals surface area contributed by atoms with Crippen molar-refractivity contribution in [3.63, 3.8) is 0 Å². The van der Waals surface area contributed by atoms with Crippen LogP contribution in [0.5, 0.6) is 5.75 Å². The number of carbonyl (C=O) groups is 1. The summed E-state index contributed by atoms with van der Waals surface area (Å²) < 4.78 is 32.6. The summed E-state index contributed by atoms with van der Waals surface area (Å²) in [5, 5.41) is 7.57. The van der Waals surface area contributed by atoms with Gasteiger partial charge in [-0.1, -0.05) is 0 Å². The van der Waals surface area contributed by atoms with Crippen LogP contribution in [0.3, 0.4) is 0 Å². The van der Waals surface area contributed by atoms with Gasteiger partial charge in [-0.2, -0.15) is 0 Å². The number of benzene rings is 1. The molecule has 8 nitrogen and oxygen atoms in total. The van der Waals surface area contributed by atoms with Gasteiger partial charge in [0.25, 0.3) is 0 Å². The van der Waals surface area contributed by atoms with Gasteiger partial charge >= 0.3 is 0 Å². The molecule has 118 valence electrons. The summed E-state index contributed by atoms with van der Waals surface area (Å²) in [4.78, 5) is 11.8. The summed E-state index contributed by atoms with van der Waals surface area (Å²) in [5.74, 6) is -0.174. The second kappa shape index (κ2) is 7.36. The molecule has 0 saturated heterocycles. The number of sulfonamides is 1. The van der Waals surface area contributed by atoms with E-state index in [1.165, 1.54) is 32.4 Å². The summed E-state index contributed by atoms with van der Waals surface area (Å²) in [5.41, 5.74) is 5.87. The Morgan fingerprint density at radius 1 is 1.38 bits per heavy atom. The third-order valence-corrected chi connectivity index (χ3v) is 3.64. The van der Waals surface area contributed by atoms with E-state index in [1.807, 2.05) is 0 Å². The average Bonchev–Trinajstić information content (AvgIpc) is 2.43. The van der Waals surface area contributed by atoms with Crippen LogP contribution < -0.4 is 20.9 Å². The average molecular weight is 317 g/mol. The molecule has 1 aromatic carbocycles. The second-order valence-corrected chi connectivity index (χ2v) is 5.85. The van der Waals surface area contributed by atoms with E-state index in [2.05, 4.69) is 5.32 Å². The third kappa shape index (κ3) is 4.97. The molecule has 1 rings (SSSR count). The van der Waals surface area contributed by atoms with E-state index in [0.717, 1.165) is 0 Å². The van der Waals surface area contributed by atoms with Crippen molar-refractivity contribution in [1.29, 1.82) is 0 Å². The lowest BCUT2D eigenvalue weighted by atomic mass is 10.2. The van der Waals surface area contributed by atoms with Gasteiger partial charge in [-0.25, -0.2) is 13.6 Å². The quantitative estimate of drug-likeness (QED) is 0.629. The number of primary sulfonamides is 1. The van der Waals surface area contributed by atoms with Gasteiger partial charge in [-0.3, -0.25) is 4.79 Å². The predicted molar refractivity (Wildman–Crippen MR) is 77.5 cm³/mol. The highest BCUT2D eigenvalue weighted by Gasteiger charge is 2.17. The molecule has 1 unspecified atom stereocenters. The Bertz CT molecular complexity index is 603. The lowest BCUT2D eigenvalue weighted by Gasteiger charge is -2.14. The largest absolute Gasteiger partial charge is 0.495 e. The molecule has 0 aliphatic carbocycles. The first-order chi connectivity index (χ1) is 9.79. The number of nitrogens with two attached hydrogens (primary N) is 2. The monoisotopic (exact) mass is 317 g/mol. The Labute approximate surface area is 123 Å². The molecular formula is C12H19N3O5S. The van der Waals surface area contributed by atoms with Crippen LogP contribution in [0.4, 0.5) is 5.69 Å². The number of hydrogen-bond acceptors (Lipinski definition) is 6. The number of amides is 1. The highest BCUT2D eigenvalue weighted by molar-refractivity contribution is 7.89. The summed E-state index contributed by atoms with van der Waals surface area (Å²) in [6, 6.07) is 3.12.